The van der Waals surface area contributed by atoms with Gasteiger partial charge in [0, 0.05) is 35.7 Å². The monoisotopic (exact) mass is 481 g/mol. The highest BCUT2D eigenvalue weighted by Crippen LogP contribution is 2.28. The van der Waals surface area contributed by atoms with Gasteiger partial charge in [0.25, 0.3) is 0 Å². The Morgan fingerprint density at radius 2 is 2.00 bits per heavy atom. The number of hydrogen-bond donors (Lipinski definition) is 0. The average molecular weight is 482 g/mol. The van der Waals surface area contributed by atoms with Crippen LogP contribution in [0.3, 0.4) is 0 Å². The Morgan fingerprint density at radius 3 is 2.74 bits per heavy atom. The Hall–Kier alpha value is -2.44. The van der Waals surface area contributed by atoms with E-state index in [0.29, 0.717) is 6.42 Å². The quantitative estimate of drug-likeness (QED) is 0.467. The van der Waals surface area contributed by atoms with Crippen LogP contribution in [0.15, 0.2) is 53.0 Å². The zero-order valence-electron chi connectivity index (χ0n) is 18.3. The summed E-state index contributed by atoms with van der Waals surface area (Å²) in [7, 11) is 1.46. The molecule has 4 rings (SSSR count). The molecule has 0 bridgehead atoms. The molecule has 0 unspecified atom stereocenters. The van der Waals surface area contributed by atoms with Gasteiger partial charge in [-0.2, -0.15) is 5.10 Å². The van der Waals surface area contributed by atoms with Crippen LogP contribution in [0.4, 0.5) is 0 Å². The number of rotatable bonds is 6. The molecule has 0 radical (unpaired) electrons. The third kappa shape index (κ3) is 5.08. The summed E-state index contributed by atoms with van der Waals surface area (Å²) < 4.78 is 8.09. The maximum Gasteiger partial charge on any atom is 0.306 e. The van der Waals surface area contributed by atoms with Crippen LogP contribution < -0.4 is 0 Å². The molecule has 3 aromatic rings. The van der Waals surface area contributed by atoms with E-state index in [1.807, 2.05) is 17.7 Å². The van der Waals surface area contributed by atoms with Crippen LogP contribution in [0.2, 0.25) is 0 Å². The molecule has 0 amide bonds. The lowest BCUT2D eigenvalue weighted by atomic mass is 9.92. The highest BCUT2D eigenvalue weighted by atomic mass is 79.9. The van der Waals surface area contributed by atoms with E-state index in [-0.39, 0.29) is 11.9 Å². The molecule has 5 nitrogen and oxygen atoms in total. The van der Waals surface area contributed by atoms with Crippen LogP contribution in [-0.4, -0.2) is 40.8 Å². The van der Waals surface area contributed by atoms with Crippen molar-refractivity contribution < 1.29 is 9.53 Å². The van der Waals surface area contributed by atoms with Gasteiger partial charge < -0.3 is 4.74 Å². The van der Waals surface area contributed by atoms with E-state index < -0.39 is 0 Å². The average Bonchev–Trinajstić information content (AvgIpc) is 3.10. The zero-order chi connectivity index (χ0) is 22.0. The van der Waals surface area contributed by atoms with Crippen molar-refractivity contribution in [3.8, 4) is 5.69 Å². The van der Waals surface area contributed by atoms with E-state index >= 15 is 0 Å². The summed E-state index contributed by atoms with van der Waals surface area (Å²) in [5.41, 5.74) is 7.01. The van der Waals surface area contributed by atoms with Crippen molar-refractivity contribution in [2.45, 2.75) is 39.2 Å². The molecule has 0 spiro atoms. The second kappa shape index (κ2) is 9.37. The second-order valence-electron chi connectivity index (χ2n) is 8.31. The van der Waals surface area contributed by atoms with E-state index in [2.05, 4.69) is 75.3 Å². The van der Waals surface area contributed by atoms with E-state index in [1.54, 1.807) is 0 Å². The maximum absolute atomic E-state index is 12.2. The number of ether oxygens (including phenoxy) is 1. The molecule has 0 N–H and O–H groups in total. The summed E-state index contributed by atoms with van der Waals surface area (Å²) in [6.45, 7) is 6.75. The minimum atomic E-state index is -0.179. The Morgan fingerprint density at radius 1 is 1.16 bits per heavy atom. The number of benzene rings is 2. The summed E-state index contributed by atoms with van der Waals surface area (Å²) >= 11 is 3.59. The number of aryl methyl sites for hydroxylation is 2. The highest BCUT2D eigenvalue weighted by molar-refractivity contribution is 9.10. The second-order valence-corrected chi connectivity index (χ2v) is 9.22. The Bertz CT molecular complexity index is 1090. The van der Waals surface area contributed by atoms with Crippen LogP contribution in [0, 0.1) is 13.8 Å². The van der Waals surface area contributed by atoms with Crippen molar-refractivity contribution in [3.63, 3.8) is 0 Å². The number of carbonyl (C=O) groups excluding carboxylic acids is 1. The molecule has 1 aliphatic heterocycles. The fourth-order valence-electron chi connectivity index (χ4n) is 4.42. The third-order valence-electron chi connectivity index (χ3n) is 5.97. The van der Waals surface area contributed by atoms with Gasteiger partial charge in [-0.3, -0.25) is 9.69 Å². The van der Waals surface area contributed by atoms with Crippen LogP contribution in [0.1, 0.15) is 40.4 Å². The van der Waals surface area contributed by atoms with Crippen LogP contribution in [-0.2, 0) is 22.5 Å². The lowest BCUT2D eigenvalue weighted by Gasteiger charge is -2.32. The smallest absolute Gasteiger partial charge is 0.306 e. The first-order valence-electron chi connectivity index (χ1n) is 10.6. The molecule has 1 atom stereocenters. The van der Waals surface area contributed by atoms with Crippen molar-refractivity contribution in [1.82, 2.24) is 14.7 Å². The van der Waals surface area contributed by atoms with E-state index in [1.165, 1.54) is 18.2 Å². The molecule has 162 valence electrons. The molecule has 0 saturated carbocycles. The lowest BCUT2D eigenvalue weighted by Crippen LogP contribution is -2.34. The van der Waals surface area contributed by atoms with E-state index in [9.17, 15) is 4.79 Å². The highest BCUT2D eigenvalue weighted by Gasteiger charge is 2.24. The number of carbonyl (C=O) groups is 1. The first-order chi connectivity index (χ1) is 14.9. The molecule has 1 aliphatic rings. The first-order valence-corrected chi connectivity index (χ1v) is 11.4. The van der Waals surface area contributed by atoms with Gasteiger partial charge in [0.1, 0.15) is 0 Å². The molecule has 0 aliphatic carbocycles. The molecule has 6 heteroatoms. The van der Waals surface area contributed by atoms with Crippen molar-refractivity contribution >= 4 is 21.9 Å². The van der Waals surface area contributed by atoms with E-state index in [4.69, 9.17) is 4.74 Å². The number of halogens is 1. The van der Waals surface area contributed by atoms with Gasteiger partial charge in [-0.15, -0.1) is 0 Å². The molecule has 0 saturated heterocycles. The molecule has 31 heavy (non-hydrogen) atoms. The number of esters is 1. The SMILES string of the molecule is COC(=O)C[C@H](CN1CCc2ccc(Br)cc2C1)c1cccc(-n2nc(C)cc2C)c1. The van der Waals surface area contributed by atoms with Crippen molar-refractivity contribution in [2.24, 2.45) is 0 Å². The summed E-state index contributed by atoms with van der Waals surface area (Å²) in [5, 5.41) is 4.62. The minimum Gasteiger partial charge on any atom is -0.469 e. The zero-order valence-corrected chi connectivity index (χ0v) is 19.9. The van der Waals surface area contributed by atoms with Crippen LogP contribution in [0.25, 0.3) is 5.69 Å². The number of methoxy groups -OCH3 is 1. The Kier molecular flexibility index (Phi) is 6.58. The molecule has 1 aromatic heterocycles. The number of hydrogen-bond acceptors (Lipinski definition) is 4. The van der Waals surface area contributed by atoms with Gasteiger partial charge in [0.05, 0.1) is 24.9 Å². The standard InChI is InChI=1S/C25H28BrN3O2/c1-17-11-18(2)29(27-17)24-6-4-5-20(13-24)22(14-25(30)31-3)16-28-10-9-19-7-8-23(26)12-21(19)15-28/h4-8,11-13,22H,9-10,14-16H2,1-3H3/t22-/m1/s1. The maximum atomic E-state index is 12.2. The third-order valence-corrected chi connectivity index (χ3v) is 6.47. The van der Waals surface area contributed by atoms with Crippen LogP contribution >= 0.6 is 15.9 Å². The van der Waals surface area contributed by atoms with Gasteiger partial charge in [-0.25, -0.2) is 4.68 Å². The number of nitrogens with zero attached hydrogens (tertiary/aromatic N) is 3. The van der Waals surface area contributed by atoms with Gasteiger partial charge in [0.2, 0.25) is 0 Å². The predicted molar refractivity (Wildman–Crippen MR) is 126 cm³/mol. The van der Waals surface area contributed by atoms with Gasteiger partial charge >= 0.3 is 5.97 Å². The summed E-state index contributed by atoms with van der Waals surface area (Å²) in [4.78, 5) is 14.7. The predicted octanol–water partition coefficient (Wildman–Crippen LogP) is 4.96. The lowest BCUT2D eigenvalue weighted by molar-refractivity contribution is -0.141. The summed E-state index contributed by atoms with van der Waals surface area (Å²) in [6, 6.07) is 17.0. The van der Waals surface area contributed by atoms with Crippen molar-refractivity contribution in [1.29, 1.82) is 0 Å². The summed E-state index contributed by atoms with van der Waals surface area (Å²) in [5.74, 6) is -0.125. The molecular formula is C25H28BrN3O2. The van der Waals surface area contributed by atoms with E-state index in [0.717, 1.165) is 53.2 Å². The van der Waals surface area contributed by atoms with Crippen LogP contribution in [0.5, 0.6) is 0 Å². The summed E-state index contributed by atoms with van der Waals surface area (Å²) in [6.07, 6.45) is 1.39. The number of fused-ring (bicyclic) bond motifs is 1. The van der Waals surface area contributed by atoms with Gasteiger partial charge in [0.15, 0.2) is 0 Å². The fourth-order valence-corrected chi connectivity index (χ4v) is 4.83. The normalized spacial score (nSPS) is 14.8. The molecule has 2 heterocycles. The molecule has 2 aromatic carbocycles. The largest absolute Gasteiger partial charge is 0.469 e. The topological polar surface area (TPSA) is 47.4 Å². The minimum absolute atomic E-state index is 0.0538. The first kappa shape index (κ1) is 21.8. The Labute approximate surface area is 192 Å². The Balaban J connectivity index is 1.59. The van der Waals surface area contributed by atoms with Crippen molar-refractivity contribution in [3.05, 3.63) is 81.1 Å². The molecular weight excluding hydrogens is 454 g/mol. The fraction of sp³-hybridized carbons (Fsp3) is 0.360. The van der Waals surface area contributed by atoms with Gasteiger partial charge in [-0.05, 0) is 67.3 Å². The number of aromatic nitrogens is 2. The molecule has 0 fully saturated rings. The van der Waals surface area contributed by atoms with Crippen molar-refractivity contribution in [2.75, 3.05) is 20.2 Å². The van der Waals surface area contributed by atoms with Gasteiger partial charge in [-0.1, -0.05) is 34.1 Å².